The molecule has 2 heterocycles. The lowest BCUT2D eigenvalue weighted by atomic mass is 9.93. The molecule has 0 spiro atoms. The molecule has 0 aliphatic carbocycles. The van der Waals surface area contributed by atoms with Crippen molar-refractivity contribution in [3.63, 3.8) is 0 Å². The Balaban J connectivity index is 1.96. The smallest absolute Gasteiger partial charge is 0.216 e. The Kier molecular flexibility index (Phi) is 3.50. The summed E-state index contributed by atoms with van der Waals surface area (Å²) in [5.74, 6) is 1.42. The third-order valence-corrected chi connectivity index (χ3v) is 2.86. The molecule has 1 aliphatic heterocycles. The van der Waals surface area contributed by atoms with Gasteiger partial charge in [0.25, 0.3) is 0 Å². The summed E-state index contributed by atoms with van der Waals surface area (Å²) in [5, 5.41) is 3.37. The van der Waals surface area contributed by atoms with Crippen molar-refractivity contribution in [3.8, 4) is 5.88 Å². The number of rotatable bonds is 3. The lowest BCUT2D eigenvalue weighted by Gasteiger charge is -2.22. The van der Waals surface area contributed by atoms with Gasteiger partial charge in [0.1, 0.15) is 6.33 Å². The van der Waals surface area contributed by atoms with Crippen LogP contribution in [-0.2, 0) is 6.42 Å². The third kappa shape index (κ3) is 2.89. The molecule has 0 aromatic carbocycles. The maximum atomic E-state index is 5.08. The topological polar surface area (TPSA) is 47.0 Å². The van der Waals surface area contributed by atoms with Crippen molar-refractivity contribution < 1.29 is 4.74 Å². The van der Waals surface area contributed by atoms with Crippen molar-refractivity contribution in [3.05, 3.63) is 18.1 Å². The average Bonchev–Trinajstić information content (AvgIpc) is 2.31. The summed E-state index contributed by atoms with van der Waals surface area (Å²) in [4.78, 5) is 8.28. The summed E-state index contributed by atoms with van der Waals surface area (Å²) < 4.78 is 5.08. The Hall–Kier alpha value is -1.16. The van der Waals surface area contributed by atoms with Gasteiger partial charge in [-0.25, -0.2) is 9.97 Å². The van der Waals surface area contributed by atoms with Crippen LogP contribution in [0.4, 0.5) is 0 Å². The van der Waals surface area contributed by atoms with E-state index in [1.807, 2.05) is 6.07 Å². The van der Waals surface area contributed by atoms with Gasteiger partial charge in [-0.1, -0.05) is 0 Å². The molecule has 1 aromatic heterocycles. The number of hydrogen-bond donors (Lipinski definition) is 1. The monoisotopic (exact) mass is 207 g/mol. The van der Waals surface area contributed by atoms with Crippen LogP contribution in [0.25, 0.3) is 0 Å². The minimum atomic E-state index is 0.661. The fraction of sp³-hybridized carbons (Fsp3) is 0.636. The lowest BCUT2D eigenvalue weighted by Crippen LogP contribution is -2.28. The first-order valence-electron chi connectivity index (χ1n) is 5.44. The predicted molar refractivity (Wildman–Crippen MR) is 57.9 cm³/mol. The number of nitrogens with one attached hydrogen (secondary N) is 1. The third-order valence-electron chi connectivity index (χ3n) is 2.86. The molecule has 0 bridgehead atoms. The number of nitrogens with zero attached hydrogens (tertiary/aromatic N) is 2. The molecule has 1 aliphatic rings. The van der Waals surface area contributed by atoms with Gasteiger partial charge in [-0.2, -0.15) is 0 Å². The molecule has 15 heavy (non-hydrogen) atoms. The molecular formula is C11H17N3O. The van der Waals surface area contributed by atoms with Crippen molar-refractivity contribution in [2.75, 3.05) is 20.2 Å². The Morgan fingerprint density at radius 2 is 2.20 bits per heavy atom. The summed E-state index contributed by atoms with van der Waals surface area (Å²) in [7, 11) is 1.64. The summed E-state index contributed by atoms with van der Waals surface area (Å²) in [6, 6.07) is 1.93. The largest absolute Gasteiger partial charge is 0.481 e. The summed E-state index contributed by atoms with van der Waals surface area (Å²) in [6.07, 6.45) is 5.11. The van der Waals surface area contributed by atoms with Crippen molar-refractivity contribution in [1.29, 1.82) is 0 Å². The molecule has 0 saturated carbocycles. The second kappa shape index (κ2) is 5.07. The zero-order chi connectivity index (χ0) is 10.5. The Bertz CT molecular complexity index is 310. The maximum absolute atomic E-state index is 5.08. The van der Waals surface area contributed by atoms with Gasteiger partial charge in [0.2, 0.25) is 5.88 Å². The first-order valence-corrected chi connectivity index (χ1v) is 5.44. The van der Waals surface area contributed by atoms with E-state index < -0.39 is 0 Å². The molecule has 2 rings (SSSR count). The molecule has 4 nitrogen and oxygen atoms in total. The quantitative estimate of drug-likeness (QED) is 0.804. The molecule has 0 radical (unpaired) electrons. The van der Waals surface area contributed by atoms with Crippen LogP contribution in [-0.4, -0.2) is 30.2 Å². The fourth-order valence-corrected chi connectivity index (χ4v) is 1.98. The normalized spacial score (nSPS) is 17.7. The Labute approximate surface area is 90.1 Å². The van der Waals surface area contributed by atoms with Gasteiger partial charge in [0.15, 0.2) is 0 Å². The fourth-order valence-electron chi connectivity index (χ4n) is 1.98. The number of hydrogen-bond acceptors (Lipinski definition) is 4. The standard InChI is InChI=1S/C11H17N3O/c1-15-11-7-10(13-8-14-11)6-9-2-4-12-5-3-9/h7-9,12H,2-6H2,1H3. The number of methoxy groups -OCH3 is 1. The van der Waals surface area contributed by atoms with E-state index in [2.05, 4.69) is 15.3 Å². The van der Waals surface area contributed by atoms with Crippen LogP contribution in [0.3, 0.4) is 0 Å². The Morgan fingerprint density at radius 3 is 2.93 bits per heavy atom. The van der Waals surface area contributed by atoms with E-state index in [9.17, 15) is 0 Å². The zero-order valence-corrected chi connectivity index (χ0v) is 9.07. The van der Waals surface area contributed by atoms with E-state index in [-0.39, 0.29) is 0 Å². The number of aromatic nitrogens is 2. The number of ether oxygens (including phenoxy) is 1. The molecule has 1 aromatic rings. The molecule has 1 saturated heterocycles. The zero-order valence-electron chi connectivity index (χ0n) is 9.07. The molecule has 4 heteroatoms. The summed E-state index contributed by atoms with van der Waals surface area (Å²) >= 11 is 0. The van der Waals surface area contributed by atoms with Crippen LogP contribution in [0.15, 0.2) is 12.4 Å². The second-order valence-electron chi connectivity index (χ2n) is 3.95. The van der Waals surface area contributed by atoms with Crippen LogP contribution in [0.5, 0.6) is 5.88 Å². The van der Waals surface area contributed by atoms with Crippen molar-refractivity contribution in [1.82, 2.24) is 15.3 Å². The second-order valence-corrected chi connectivity index (χ2v) is 3.95. The van der Waals surface area contributed by atoms with Crippen molar-refractivity contribution >= 4 is 0 Å². The molecule has 0 atom stereocenters. The first-order chi connectivity index (χ1) is 7.38. The number of piperidine rings is 1. The molecular weight excluding hydrogens is 190 g/mol. The van der Waals surface area contributed by atoms with Gasteiger partial charge in [0, 0.05) is 11.8 Å². The highest BCUT2D eigenvalue weighted by Gasteiger charge is 2.14. The van der Waals surface area contributed by atoms with E-state index in [1.165, 1.54) is 12.8 Å². The SMILES string of the molecule is COc1cc(CC2CCNCC2)ncn1. The minimum absolute atomic E-state index is 0.661. The lowest BCUT2D eigenvalue weighted by molar-refractivity contribution is 0.366. The van der Waals surface area contributed by atoms with Gasteiger partial charge in [-0.3, -0.25) is 0 Å². The van der Waals surface area contributed by atoms with Crippen LogP contribution >= 0.6 is 0 Å². The van der Waals surface area contributed by atoms with Crippen LogP contribution in [0, 0.1) is 5.92 Å². The molecule has 1 fully saturated rings. The van der Waals surface area contributed by atoms with E-state index in [0.717, 1.165) is 31.1 Å². The highest BCUT2D eigenvalue weighted by molar-refractivity contribution is 5.13. The molecule has 1 N–H and O–H groups in total. The minimum Gasteiger partial charge on any atom is -0.481 e. The predicted octanol–water partition coefficient (Wildman–Crippen LogP) is 1.03. The van der Waals surface area contributed by atoms with E-state index in [4.69, 9.17) is 4.74 Å². The van der Waals surface area contributed by atoms with Gasteiger partial charge in [-0.15, -0.1) is 0 Å². The van der Waals surface area contributed by atoms with Crippen LogP contribution < -0.4 is 10.1 Å². The summed E-state index contributed by atoms with van der Waals surface area (Å²) in [6.45, 7) is 2.26. The molecule has 0 amide bonds. The van der Waals surface area contributed by atoms with Gasteiger partial charge < -0.3 is 10.1 Å². The van der Waals surface area contributed by atoms with E-state index >= 15 is 0 Å². The first kappa shape index (κ1) is 10.4. The van der Waals surface area contributed by atoms with Crippen molar-refractivity contribution in [2.24, 2.45) is 5.92 Å². The van der Waals surface area contributed by atoms with Gasteiger partial charge in [0.05, 0.1) is 7.11 Å². The van der Waals surface area contributed by atoms with E-state index in [0.29, 0.717) is 5.88 Å². The van der Waals surface area contributed by atoms with Crippen molar-refractivity contribution in [2.45, 2.75) is 19.3 Å². The van der Waals surface area contributed by atoms with Crippen LogP contribution in [0.2, 0.25) is 0 Å². The molecule has 82 valence electrons. The van der Waals surface area contributed by atoms with E-state index in [1.54, 1.807) is 13.4 Å². The highest BCUT2D eigenvalue weighted by atomic mass is 16.5. The average molecular weight is 207 g/mol. The van der Waals surface area contributed by atoms with Gasteiger partial charge in [-0.05, 0) is 38.3 Å². The van der Waals surface area contributed by atoms with Gasteiger partial charge >= 0.3 is 0 Å². The maximum Gasteiger partial charge on any atom is 0.216 e. The molecule has 0 unspecified atom stereocenters. The highest BCUT2D eigenvalue weighted by Crippen LogP contribution is 2.18. The Morgan fingerprint density at radius 1 is 1.40 bits per heavy atom. The van der Waals surface area contributed by atoms with Crippen LogP contribution in [0.1, 0.15) is 18.5 Å². The summed E-state index contributed by atoms with van der Waals surface area (Å²) in [5.41, 5.74) is 1.09.